The molecule has 0 amide bonds. The number of rotatable bonds is 3. The number of furan rings is 1. The normalized spacial score (nSPS) is 13.4. The summed E-state index contributed by atoms with van der Waals surface area (Å²) < 4.78 is 6.98. The van der Waals surface area contributed by atoms with Gasteiger partial charge in [-0.3, -0.25) is 0 Å². The minimum atomic E-state index is -0.515. The summed E-state index contributed by atoms with van der Waals surface area (Å²) in [4.78, 5) is 10.5. The van der Waals surface area contributed by atoms with Gasteiger partial charge < -0.3 is 4.42 Å². The molecule has 11 rings (SSSR count). The van der Waals surface area contributed by atoms with Crippen LogP contribution in [0.25, 0.3) is 78.1 Å². The van der Waals surface area contributed by atoms with Gasteiger partial charge in [-0.2, -0.15) is 0 Å². The maximum atomic E-state index is 6.98. The van der Waals surface area contributed by atoms with E-state index >= 15 is 0 Å². The van der Waals surface area contributed by atoms with Gasteiger partial charge in [-0.05, 0) is 57.1 Å². The van der Waals surface area contributed by atoms with Crippen molar-refractivity contribution in [1.82, 2.24) is 9.97 Å². The molecule has 0 atom stereocenters. The minimum Gasteiger partial charge on any atom is -0.455 e. The third-order valence-electron chi connectivity index (χ3n) is 10.7. The van der Waals surface area contributed by atoms with Gasteiger partial charge in [0.05, 0.1) is 16.8 Å². The number of fused-ring (bicyclic) bond motifs is 14. The van der Waals surface area contributed by atoms with Crippen molar-refractivity contribution in [2.75, 3.05) is 0 Å². The lowest BCUT2D eigenvalue weighted by atomic mass is 9.70. The molecule has 0 radical (unpaired) electrons. The van der Waals surface area contributed by atoms with Crippen molar-refractivity contribution in [2.24, 2.45) is 0 Å². The number of aromatic nitrogens is 2. The van der Waals surface area contributed by atoms with Crippen molar-refractivity contribution < 1.29 is 4.42 Å². The maximum Gasteiger partial charge on any atom is 0.160 e. The smallest absolute Gasteiger partial charge is 0.160 e. The summed E-state index contributed by atoms with van der Waals surface area (Å²) in [6.07, 6.45) is 0. The second-order valence-electron chi connectivity index (χ2n) is 13.2. The summed E-state index contributed by atoms with van der Waals surface area (Å²) in [7, 11) is 0. The SMILES string of the molecule is c1ccc(-c2cc(-c3cc4c(c5oc6ccccc6c35)-c3ccccc3C43c4ccccc4-c4ccccc43)nc(-c3ccccc3)n2)cc1. The van der Waals surface area contributed by atoms with Gasteiger partial charge in [0, 0.05) is 33.0 Å². The Morgan fingerprint density at radius 3 is 1.66 bits per heavy atom. The van der Waals surface area contributed by atoms with E-state index in [9.17, 15) is 0 Å². The standard InChI is InChI=1S/C47H28N2O/c1-3-15-29(16-4-1)40-28-41(49-46(48-40)30-17-5-2-6-18-30)35-27-39-44(45-43(35)34-22-10-14-26-42(34)50-45)33-21-9-13-25-38(33)47(39)36-23-11-7-19-31(36)32-20-8-12-24-37(32)47/h1-28H. The fourth-order valence-electron chi connectivity index (χ4n) is 8.71. The molecule has 9 aromatic rings. The third-order valence-corrected chi connectivity index (χ3v) is 10.7. The van der Waals surface area contributed by atoms with Gasteiger partial charge >= 0.3 is 0 Å². The van der Waals surface area contributed by atoms with E-state index in [0.29, 0.717) is 5.82 Å². The molecule has 0 N–H and O–H groups in total. The van der Waals surface area contributed by atoms with Crippen molar-refractivity contribution in [3.8, 4) is 56.2 Å². The summed E-state index contributed by atoms with van der Waals surface area (Å²) in [6, 6.07) is 60.4. The molecule has 2 aliphatic carbocycles. The fraction of sp³-hybridized carbons (Fsp3) is 0.0213. The van der Waals surface area contributed by atoms with Gasteiger partial charge in [-0.25, -0.2) is 9.97 Å². The molecule has 2 heterocycles. The van der Waals surface area contributed by atoms with Gasteiger partial charge in [0.15, 0.2) is 5.82 Å². The number of benzene rings is 7. The number of hydrogen-bond acceptors (Lipinski definition) is 3. The van der Waals surface area contributed by atoms with Crippen molar-refractivity contribution in [2.45, 2.75) is 5.41 Å². The summed E-state index contributed by atoms with van der Waals surface area (Å²) in [5, 5.41) is 2.15. The van der Waals surface area contributed by atoms with Crippen molar-refractivity contribution >= 4 is 21.9 Å². The predicted molar refractivity (Wildman–Crippen MR) is 202 cm³/mol. The second-order valence-corrected chi connectivity index (χ2v) is 13.2. The van der Waals surface area contributed by atoms with E-state index in [0.717, 1.165) is 55.6 Å². The van der Waals surface area contributed by atoms with Crippen LogP contribution in [0, 0.1) is 0 Å². The van der Waals surface area contributed by atoms with E-state index in [2.05, 4.69) is 146 Å². The van der Waals surface area contributed by atoms with Gasteiger partial charge in [-0.15, -0.1) is 0 Å². The largest absolute Gasteiger partial charge is 0.455 e. The lowest BCUT2D eigenvalue weighted by Gasteiger charge is -2.30. The predicted octanol–water partition coefficient (Wildman–Crippen LogP) is 11.7. The molecule has 1 spiro atoms. The average molecular weight is 637 g/mol. The van der Waals surface area contributed by atoms with Crippen molar-refractivity contribution in [1.29, 1.82) is 0 Å². The Balaban J connectivity index is 1.32. The Hall–Kier alpha value is -6.58. The molecule has 2 aromatic heterocycles. The molecule has 0 saturated heterocycles. The first kappa shape index (κ1) is 27.4. The molecule has 0 bridgehead atoms. The van der Waals surface area contributed by atoms with Gasteiger partial charge in [0.25, 0.3) is 0 Å². The Bertz CT molecular complexity index is 2710. The highest BCUT2D eigenvalue weighted by Gasteiger charge is 2.52. The van der Waals surface area contributed by atoms with Crippen LogP contribution >= 0.6 is 0 Å². The molecule has 7 aromatic carbocycles. The lowest BCUT2D eigenvalue weighted by Crippen LogP contribution is -2.25. The molecule has 3 nitrogen and oxygen atoms in total. The highest BCUT2D eigenvalue weighted by Crippen LogP contribution is 2.64. The minimum absolute atomic E-state index is 0.515. The van der Waals surface area contributed by atoms with Crippen LogP contribution in [-0.2, 0) is 5.41 Å². The number of hydrogen-bond donors (Lipinski definition) is 0. The summed E-state index contributed by atoms with van der Waals surface area (Å²) in [5.41, 5.74) is 16.1. The molecule has 50 heavy (non-hydrogen) atoms. The molecule has 0 aliphatic heterocycles. The van der Waals surface area contributed by atoms with E-state index < -0.39 is 5.41 Å². The number of nitrogens with zero attached hydrogens (tertiary/aromatic N) is 2. The molecule has 0 saturated carbocycles. The van der Waals surface area contributed by atoms with Crippen molar-refractivity contribution in [3.63, 3.8) is 0 Å². The zero-order chi connectivity index (χ0) is 32.8. The first-order valence-electron chi connectivity index (χ1n) is 17.1. The van der Waals surface area contributed by atoms with E-state index in [4.69, 9.17) is 14.4 Å². The highest BCUT2D eigenvalue weighted by molar-refractivity contribution is 6.18. The summed E-state index contributed by atoms with van der Waals surface area (Å²) in [5.74, 6) is 0.693. The van der Waals surface area contributed by atoms with Crippen LogP contribution in [0.15, 0.2) is 174 Å². The van der Waals surface area contributed by atoms with Crippen LogP contribution in [0.3, 0.4) is 0 Å². The molecular weight excluding hydrogens is 609 g/mol. The molecule has 0 fully saturated rings. The zero-order valence-electron chi connectivity index (χ0n) is 27.0. The van der Waals surface area contributed by atoms with Crippen LogP contribution in [-0.4, -0.2) is 9.97 Å². The van der Waals surface area contributed by atoms with Crippen LogP contribution < -0.4 is 0 Å². The molecular formula is C47H28N2O. The van der Waals surface area contributed by atoms with Crippen LogP contribution in [0.2, 0.25) is 0 Å². The zero-order valence-corrected chi connectivity index (χ0v) is 27.0. The Morgan fingerprint density at radius 2 is 0.960 bits per heavy atom. The third kappa shape index (κ3) is 3.58. The molecule has 0 unspecified atom stereocenters. The average Bonchev–Trinajstić information content (AvgIpc) is 3.82. The van der Waals surface area contributed by atoms with Crippen LogP contribution in [0.5, 0.6) is 0 Å². The first-order chi connectivity index (χ1) is 24.8. The summed E-state index contributed by atoms with van der Waals surface area (Å²) >= 11 is 0. The quantitative estimate of drug-likeness (QED) is 0.194. The highest BCUT2D eigenvalue weighted by atomic mass is 16.3. The Morgan fingerprint density at radius 1 is 0.420 bits per heavy atom. The lowest BCUT2D eigenvalue weighted by molar-refractivity contribution is 0.669. The van der Waals surface area contributed by atoms with Gasteiger partial charge in [0.1, 0.15) is 11.2 Å². The molecule has 2 aliphatic rings. The first-order valence-corrected chi connectivity index (χ1v) is 17.1. The van der Waals surface area contributed by atoms with E-state index in [-0.39, 0.29) is 0 Å². The molecule has 232 valence electrons. The van der Waals surface area contributed by atoms with E-state index in [1.165, 1.54) is 38.9 Å². The number of para-hydroxylation sites is 1. The van der Waals surface area contributed by atoms with E-state index in [1.54, 1.807) is 0 Å². The topological polar surface area (TPSA) is 38.9 Å². The van der Waals surface area contributed by atoms with Crippen LogP contribution in [0.1, 0.15) is 22.3 Å². The fourth-order valence-corrected chi connectivity index (χ4v) is 8.71. The van der Waals surface area contributed by atoms with Crippen molar-refractivity contribution in [3.05, 3.63) is 192 Å². The second kappa shape index (κ2) is 10.2. The molecule has 3 heteroatoms. The van der Waals surface area contributed by atoms with Crippen LogP contribution in [0.4, 0.5) is 0 Å². The monoisotopic (exact) mass is 636 g/mol. The van der Waals surface area contributed by atoms with Gasteiger partial charge in [0.2, 0.25) is 0 Å². The summed E-state index contributed by atoms with van der Waals surface area (Å²) in [6.45, 7) is 0. The Labute approximate surface area is 289 Å². The van der Waals surface area contributed by atoms with E-state index in [1.807, 2.05) is 24.3 Å². The van der Waals surface area contributed by atoms with Gasteiger partial charge in [-0.1, -0.05) is 152 Å². The maximum absolute atomic E-state index is 6.98. The Kier molecular flexibility index (Phi) is 5.59.